The first kappa shape index (κ1) is 14.2. The summed E-state index contributed by atoms with van der Waals surface area (Å²) in [6.45, 7) is 1.47. The molecule has 1 aliphatic rings. The van der Waals surface area contributed by atoms with Crippen molar-refractivity contribution in [1.29, 1.82) is 0 Å². The van der Waals surface area contributed by atoms with Crippen molar-refractivity contribution in [2.75, 3.05) is 13.1 Å². The molecule has 2 aromatic heterocycles. The van der Waals surface area contributed by atoms with Crippen molar-refractivity contribution < 1.29 is 4.79 Å². The Bertz CT molecular complexity index is 613. The number of thiazole rings is 1. The van der Waals surface area contributed by atoms with Crippen molar-refractivity contribution in [3.63, 3.8) is 0 Å². The molecule has 6 heteroatoms. The smallest absolute Gasteiger partial charge is 0.228 e. The van der Waals surface area contributed by atoms with Crippen LogP contribution in [0.3, 0.4) is 0 Å². The van der Waals surface area contributed by atoms with Gasteiger partial charge in [0.15, 0.2) is 0 Å². The van der Waals surface area contributed by atoms with E-state index in [4.69, 9.17) is 5.73 Å². The van der Waals surface area contributed by atoms with E-state index in [2.05, 4.69) is 9.97 Å². The van der Waals surface area contributed by atoms with Gasteiger partial charge in [0.25, 0.3) is 0 Å². The van der Waals surface area contributed by atoms with Crippen LogP contribution in [0.5, 0.6) is 0 Å². The third-order valence-corrected chi connectivity index (χ3v) is 4.49. The molecular weight excluding hydrogens is 284 g/mol. The van der Waals surface area contributed by atoms with Gasteiger partial charge in [0.2, 0.25) is 5.91 Å². The number of aromatic nitrogens is 2. The first-order valence-corrected chi connectivity index (χ1v) is 7.99. The number of nitrogens with zero attached hydrogens (tertiary/aromatic N) is 3. The van der Waals surface area contributed by atoms with Gasteiger partial charge in [-0.15, -0.1) is 11.3 Å². The van der Waals surface area contributed by atoms with Gasteiger partial charge in [-0.3, -0.25) is 9.78 Å². The predicted molar refractivity (Wildman–Crippen MR) is 82.8 cm³/mol. The van der Waals surface area contributed by atoms with Crippen LogP contribution in [0.2, 0.25) is 0 Å². The summed E-state index contributed by atoms with van der Waals surface area (Å²) in [4.78, 5) is 22.9. The Morgan fingerprint density at radius 2 is 2.38 bits per heavy atom. The summed E-state index contributed by atoms with van der Waals surface area (Å²) in [6, 6.07) is 5.85. The fourth-order valence-corrected chi connectivity index (χ4v) is 3.29. The molecule has 1 unspecified atom stereocenters. The molecule has 3 rings (SSSR count). The maximum Gasteiger partial charge on any atom is 0.228 e. The lowest BCUT2D eigenvalue weighted by molar-refractivity contribution is -0.131. The molecule has 3 heterocycles. The number of nitrogens with two attached hydrogens (primary N) is 1. The molecule has 2 aromatic rings. The zero-order valence-corrected chi connectivity index (χ0v) is 12.6. The molecule has 0 aliphatic carbocycles. The molecule has 0 aromatic carbocycles. The van der Waals surface area contributed by atoms with Gasteiger partial charge in [0.1, 0.15) is 5.01 Å². The Kier molecular flexibility index (Phi) is 4.26. The highest BCUT2D eigenvalue weighted by atomic mass is 32.1. The highest BCUT2D eigenvalue weighted by molar-refractivity contribution is 7.13. The molecule has 1 fully saturated rings. The molecule has 0 radical (unpaired) electrons. The molecule has 1 amide bonds. The molecule has 2 N–H and O–H groups in total. The summed E-state index contributed by atoms with van der Waals surface area (Å²) in [5.74, 6) is 0.114. The Morgan fingerprint density at radius 3 is 3.14 bits per heavy atom. The molecule has 5 nitrogen and oxygen atoms in total. The van der Waals surface area contributed by atoms with Crippen molar-refractivity contribution >= 4 is 17.2 Å². The molecular formula is C15H18N4OS. The van der Waals surface area contributed by atoms with Crippen LogP contribution in [0.1, 0.15) is 18.5 Å². The van der Waals surface area contributed by atoms with Gasteiger partial charge in [-0.2, -0.15) is 0 Å². The molecule has 0 saturated carbocycles. The molecule has 0 spiro atoms. The van der Waals surface area contributed by atoms with E-state index >= 15 is 0 Å². The number of amides is 1. The van der Waals surface area contributed by atoms with Gasteiger partial charge in [-0.05, 0) is 25.0 Å². The number of hydrogen-bond donors (Lipinski definition) is 1. The number of likely N-dealkylation sites (tertiary alicyclic amines) is 1. The molecule has 110 valence electrons. The third-order valence-electron chi connectivity index (χ3n) is 3.58. The molecule has 21 heavy (non-hydrogen) atoms. The Balaban J connectivity index is 1.66. The maximum absolute atomic E-state index is 12.3. The maximum atomic E-state index is 12.3. The lowest BCUT2D eigenvalue weighted by Gasteiger charge is -2.30. The number of hydrogen-bond acceptors (Lipinski definition) is 5. The van der Waals surface area contributed by atoms with E-state index in [-0.39, 0.29) is 11.9 Å². The van der Waals surface area contributed by atoms with E-state index in [0.29, 0.717) is 13.0 Å². The number of carbonyl (C=O) groups excluding carboxylic acids is 1. The summed E-state index contributed by atoms with van der Waals surface area (Å²) in [5.41, 5.74) is 7.58. The predicted octanol–water partition coefficient (Wildman–Crippen LogP) is 1.70. The standard InChI is InChI=1S/C15H18N4OS/c16-11-4-3-7-19(9-11)14(20)8-12-10-21-15(18-12)13-5-1-2-6-17-13/h1-2,5-6,10-11H,3-4,7-9,16H2. The summed E-state index contributed by atoms with van der Waals surface area (Å²) >= 11 is 1.52. The van der Waals surface area contributed by atoms with Gasteiger partial charge < -0.3 is 10.6 Å². The van der Waals surface area contributed by atoms with Gasteiger partial charge in [0, 0.05) is 30.7 Å². The van der Waals surface area contributed by atoms with Crippen LogP contribution in [0.4, 0.5) is 0 Å². The van der Waals surface area contributed by atoms with Crippen molar-refractivity contribution in [2.24, 2.45) is 5.73 Å². The SMILES string of the molecule is NC1CCCN(C(=O)Cc2csc(-c3ccccn3)n2)C1. The minimum atomic E-state index is 0.113. The van der Waals surface area contributed by atoms with Crippen molar-refractivity contribution in [2.45, 2.75) is 25.3 Å². The molecule has 1 saturated heterocycles. The van der Waals surface area contributed by atoms with E-state index in [9.17, 15) is 4.79 Å². The number of pyridine rings is 1. The van der Waals surface area contributed by atoms with Crippen LogP contribution in [-0.4, -0.2) is 39.9 Å². The van der Waals surface area contributed by atoms with E-state index in [0.717, 1.165) is 35.8 Å². The van der Waals surface area contributed by atoms with Crippen LogP contribution in [0, 0.1) is 0 Å². The quantitative estimate of drug-likeness (QED) is 0.936. The van der Waals surface area contributed by atoms with Gasteiger partial charge >= 0.3 is 0 Å². The summed E-state index contributed by atoms with van der Waals surface area (Å²) < 4.78 is 0. The van der Waals surface area contributed by atoms with E-state index in [1.54, 1.807) is 6.20 Å². The van der Waals surface area contributed by atoms with E-state index in [1.165, 1.54) is 11.3 Å². The van der Waals surface area contributed by atoms with Gasteiger partial charge in [-0.1, -0.05) is 6.07 Å². The number of piperidine rings is 1. The van der Waals surface area contributed by atoms with Crippen LogP contribution in [0.25, 0.3) is 10.7 Å². The average molecular weight is 302 g/mol. The first-order chi connectivity index (χ1) is 10.2. The Labute approximate surface area is 127 Å². The second-order valence-corrected chi connectivity index (χ2v) is 6.14. The third kappa shape index (κ3) is 3.46. The number of rotatable bonds is 3. The monoisotopic (exact) mass is 302 g/mol. The Hall–Kier alpha value is -1.79. The first-order valence-electron chi connectivity index (χ1n) is 7.11. The zero-order chi connectivity index (χ0) is 14.7. The lowest BCUT2D eigenvalue weighted by atomic mass is 10.1. The second kappa shape index (κ2) is 6.32. The lowest BCUT2D eigenvalue weighted by Crippen LogP contribution is -2.46. The normalized spacial score (nSPS) is 18.7. The minimum Gasteiger partial charge on any atom is -0.341 e. The molecule has 1 aliphatic heterocycles. The number of carbonyl (C=O) groups is 1. The summed E-state index contributed by atoms with van der Waals surface area (Å²) in [5, 5.41) is 2.79. The molecule has 0 bridgehead atoms. The average Bonchev–Trinajstić information content (AvgIpc) is 2.97. The fourth-order valence-electron chi connectivity index (χ4n) is 2.50. The summed E-state index contributed by atoms with van der Waals surface area (Å²) in [7, 11) is 0. The van der Waals surface area contributed by atoms with Crippen LogP contribution >= 0.6 is 11.3 Å². The van der Waals surface area contributed by atoms with Crippen molar-refractivity contribution in [3.05, 3.63) is 35.5 Å². The van der Waals surface area contributed by atoms with Crippen molar-refractivity contribution in [1.82, 2.24) is 14.9 Å². The highest BCUT2D eigenvalue weighted by Gasteiger charge is 2.22. The van der Waals surface area contributed by atoms with Gasteiger partial charge in [0.05, 0.1) is 17.8 Å². The fraction of sp³-hybridized carbons (Fsp3) is 0.400. The minimum absolute atomic E-state index is 0.113. The zero-order valence-electron chi connectivity index (χ0n) is 11.7. The van der Waals surface area contributed by atoms with Crippen molar-refractivity contribution in [3.8, 4) is 10.7 Å². The Morgan fingerprint density at radius 1 is 1.48 bits per heavy atom. The summed E-state index contributed by atoms with van der Waals surface area (Å²) in [6.07, 6.45) is 4.08. The molecule has 1 atom stereocenters. The van der Waals surface area contributed by atoms with Crippen LogP contribution in [0.15, 0.2) is 29.8 Å². The second-order valence-electron chi connectivity index (χ2n) is 5.28. The highest BCUT2D eigenvalue weighted by Crippen LogP contribution is 2.22. The van der Waals surface area contributed by atoms with Gasteiger partial charge in [-0.25, -0.2) is 4.98 Å². The van der Waals surface area contributed by atoms with Crippen LogP contribution in [-0.2, 0) is 11.2 Å². The largest absolute Gasteiger partial charge is 0.341 e. The topological polar surface area (TPSA) is 72.1 Å². The van der Waals surface area contributed by atoms with E-state index in [1.807, 2.05) is 28.5 Å². The van der Waals surface area contributed by atoms with E-state index < -0.39 is 0 Å². The van der Waals surface area contributed by atoms with Crippen LogP contribution < -0.4 is 5.73 Å².